The summed E-state index contributed by atoms with van der Waals surface area (Å²) in [5, 5.41) is 28.4. The van der Waals surface area contributed by atoms with Crippen molar-refractivity contribution >= 4 is 35.2 Å². The highest BCUT2D eigenvalue weighted by Crippen LogP contribution is 2.43. The molecule has 0 amide bonds. The Morgan fingerprint density at radius 3 is 1.38 bits per heavy atom. The van der Waals surface area contributed by atoms with Crippen molar-refractivity contribution in [2.45, 2.75) is 0 Å². The monoisotopic (exact) mass is 549 g/mol. The average Bonchev–Trinajstić information content (AvgIpc) is 3.46. The lowest BCUT2D eigenvalue weighted by Gasteiger charge is -2.17. The van der Waals surface area contributed by atoms with Crippen LogP contribution >= 0.6 is 0 Å². The van der Waals surface area contributed by atoms with E-state index in [0.717, 1.165) is 33.4 Å². The molecule has 2 heterocycles. The fraction of sp³-hybridized carbons (Fsp3) is 0. The van der Waals surface area contributed by atoms with E-state index in [1.54, 1.807) is 36.7 Å². The zero-order valence-corrected chi connectivity index (χ0v) is 22.6. The zero-order chi connectivity index (χ0) is 29.1. The van der Waals surface area contributed by atoms with Crippen molar-refractivity contribution < 1.29 is 10.2 Å². The Hall–Kier alpha value is -5.95. The number of rotatable bonds is 8. The minimum atomic E-state index is 0.0511. The molecule has 4 N–H and O–H groups in total. The zero-order valence-electron chi connectivity index (χ0n) is 22.6. The number of aromatic hydroxyl groups is 2. The molecule has 0 aliphatic carbocycles. The van der Waals surface area contributed by atoms with E-state index in [-0.39, 0.29) is 11.5 Å². The largest absolute Gasteiger partial charge is 0.506 e. The number of hydrogen-bond donors (Lipinski definition) is 4. The molecule has 2 aliphatic rings. The van der Waals surface area contributed by atoms with Crippen molar-refractivity contribution in [3.63, 3.8) is 0 Å². The van der Waals surface area contributed by atoms with E-state index in [1.807, 2.05) is 72.8 Å². The van der Waals surface area contributed by atoms with Gasteiger partial charge < -0.3 is 20.8 Å². The topological polar surface area (TPSA) is 103 Å². The molecule has 0 fully saturated rings. The van der Waals surface area contributed by atoms with E-state index in [2.05, 4.69) is 38.7 Å². The first-order valence-electron chi connectivity index (χ1n) is 13.3. The van der Waals surface area contributed by atoms with Crippen molar-refractivity contribution in [3.05, 3.63) is 128 Å². The number of anilines is 4. The summed E-state index contributed by atoms with van der Waals surface area (Å²) in [7, 11) is 0. The van der Waals surface area contributed by atoms with Gasteiger partial charge in [0.15, 0.2) is 0 Å². The lowest BCUT2D eigenvalue weighted by atomic mass is 9.97. The Kier molecular flexibility index (Phi) is 7.05. The van der Waals surface area contributed by atoms with Crippen molar-refractivity contribution in [2.75, 3.05) is 10.6 Å². The maximum atomic E-state index is 10.9. The second-order valence-corrected chi connectivity index (χ2v) is 9.54. The molecule has 6 rings (SSSR count). The van der Waals surface area contributed by atoms with E-state index in [1.165, 1.54) is 6.33 Å². The molecule has 0 spiro atoms. The minimum absolute atomic E-state index is 0.0511. The number of fused-ring (bicyclic) bond motifs is 1. The number of nitrogens with one attached hydrogen (secondary N) is 2. The van der Waals surface area contributed by atoms with Gasteiger partial charge in [-0.25, -0.2) is 9.97 Å². The summed E-state index contributed by atoms with van der Waals surface area (Å²) >= 11 is 0. The first-order chi connectivity index (χ1) is 20.6. The van der Waals surface area contributed by atoms with E-state index >= 15 is 0 Å². The molecule has 0 saturated carbocycles. The van der Waals surface area contributed by atoms with Crippen LogP contribution in [0.25, 0.3) is 45.5 Å². The van der Waals surface area contributed by atoms with E-state index in [9.17, 15) is 10.2 Å². The second-order valence-electron chi connectivity index (χ2n) is 9.54. The summed E-state index contributed by atoms with van der Waals surface area (Å²) in [5.74, 6) is 0.987. The summed E-state index contributed by atoms with van der Waals surface area (Å²) in [6.45, 7) is 8.00. The van der Waals surface area contributed by atoms with Crippen LogP contribution < -0.4 is 10.6 Å². The highest BCUT2D eigenvalue weighted by Gasteiger charge is 2.21. The Bertz CT molecular complexity index is 1750. The summed E-state index contributed by atoms with van der Waals surface area (Å²) in [6.07, 6.45) is 8.19. The minimum Gasteiger partial charge on any atom is -0.506 e. The van der Waals surface area contributed by atoms with Crippen LogP contribution in [0.2, 0.25) is 0 Å². The fourth-order valence-electron chi connectivity index (χ4n) is 5.06. The van der Waals surface area contributed by atoms with Crippen LogP contribution in [0, 0.1) is 0 Å². The number of nitrogens with zero attached hydrogens (tertiary/aromatic N) is 3. The van der Waals surface area contributed by atoms with Crippen molar-refractivity contribution in [3.8, 4) is 44.9 Å². The molecule has 0 unspecified atom stereocenters. The third kappa shape index (κ3) is 4.80. The normalized spacial score (nSPS) is 10.8. The number of phenolic OH excluding ortho intramolecular Hbond substituents is 2. The van der Waals surface area contributed by atoms with Gasteiger partial charge in [-0.2, -0.15) is 0 Å². The third-order valence-electron chi connectivity index (χ3n) is 7.09. The summed E-state index contributed by atoms with van der Waals surface area (Å²) in [4.78, 5) is 13.5. The fourth-order valence-corrected chi connectivity index (χ4v) is 5.06. The standard InChI is InChI=1S/C35H27N5O2/c1-3-24-26(22-11-7-5-8-12-22)15-17-30(41)32(24)39-34-28-19-36-20-29(28)35(38-21-37-34)40-33-25(4-2)27(16-18-31(33)42)23-13-9-6-10-14-23/h3-21,41-42H,1-2H2,(H2,37,38,39,40). The van der Waals surface area contributed by atoms with Crippen LogP contribution in [0.15, 0.2) is 117 Å². The second kappa shape index (κ2) is 11.3. The van der Waals surface area contributed by atoms with Crippen LogP contribution in [0.4, 0.5) is 23.0 Å². The third-order valence-corrected chi connectivity index (χ3v) is 7.09. The van der Waals surface area contributed by atoms with Crippen molar-refractivity contribution in [1.29, 1.82) is 0 Å². The Balaban J connectivity index is 1.40. The summed E-state index contributed by atoms with van der Waals surface area (Å²) in [5.41, 5.74) is 7.51. The molecule has 7 nitrogen and oxygen atoms in total. The molecule has 0 saturated heterocycles. The van der Waals surface area contributed by atoms with Gasteiger partial charge in [-0.15, -0.1) is 0 Å². The predicted molar refractivity (Wildman–Crippen MR) is 170 cm³/mol. The highest BCUT2D eigenvalue weighted by molar-refractivity contribution is 5.93. The molecule has 4 aromatic rings. The molecule has 7 heteroatoms. The lowest BCUT2D eigenvalue weighted by molar-refractivity contribution is 0.477. The van der Waals surface area contributed by atoms with E-state index in [4.69, 9.17) is 0 Å². The van der Waals surface area contributed by atoms with Gasteiger partial charge in [-0.1, -0.05) is 86.0 Å². The molecule has 0 aromatic heterocycles. The van der Waals surface area contributed by atoms with Gasteiger partial charge in [0.2, 0.25) is 0 Å². The number of aromatic nitrogens is 3. The van der Waals surface area contributed by atoms with Crippen LogP contribution in [0.5, 0.6) is 11.5 Å². The quantitative estimate of drug-likeness (QED) is 0.141. The van der Waals surface area contributed by atoms with E-state index < -0.39 is 0 Å². The number of hydrogen-bond acceptors (Lipinski definition) is 7. The van der Waals surface area contributed by atoms with Crippen LogP contribution in [0.1, 0.15) is 11.1 Å². The van der Waals surface area contributed by atoms with Crippen molar-refractivity contribution in [1.82, 2.24) is 15.0 Å². The smallest absolute Gasteiger partial charge is 0.141 e. The number of phenols is 2. The molecule has 2 aliphatic heterocycles. The molecular weight excluding hydrogens is 522 g/mol. The maximum Gasteiger partial charge on any atom is 0.141 e. The molecule has 4 aromatic carbocycles. The average molecular weight is 550 g/mol. The van der Waals surface area contributed by atoms with Gasteiger partial charge in [0.25, 0.3) is 0 Å². The first kappa shape index (κ1) is 26.3. The maximum absolute atomic E-state index is 10.9. The summed E-state index contributed by atoms with van der Waals surface area (Å²) < 4.78 is 0. The van der Waals surface area contributed by atoms with Gasteiger partial charge >= 0.3 is 0 Å². The van der Waals surface area contributed by atoms with E-state index in [0.29, 0.717) is 34.1 Å². The first-order valence-corrected chi connectivity index (χ1v) is 13.3. The van der Waals surface area contributed by atoms with Crippen molar-refractivity contribution in [2.24, 2.45) is 0 Å². The van der Waals surface area contributed by atoms with Crippen LogP contribution in [-0.4, -0.2) is 25.2 Å². The molecule has 0 atom stereocenters. The van der Waals surface area contributed by atoms with Gasteiger partial charge in [-0.3, -0.25) is 4.98 Å². The van der Waals surface area contributed by atoms with Crippen LogP contribution in [-0.2, 0) is 0 Å². The van der Waals surface area contributed by atoms with Gasteiger partial charge in [0.05, 0.1) is 11.4 Å². The lowest BCUT2D eigenvalue weighted by Crippen LogP contribution is -1.99. The highest BCUT2D eigenvalue weighted by atomic mass is 16.3. The molecule has 0 bridgehead atoms. The van der Waals surface area contributed by atoms with Crippen LogP contribution in [0.3, 0.4) is 0 Å². The van der Waals surface area contributed by atoms with Gasteiger partial charge in [0, 0.05) is 34.6 Å². The number of benzene rings is 4. The van der Waals surface area contributed by atoms with Gasteiger partial charge in [0.1, 0.15) is 29.5 Å². The SMILES string of the molecule is C=Cc1c(-c2ccccc2)ccc(O)c1Nc1ncnc(Nc2c(O)ccc(-c3ccccc3)c2C=C)c2cncc1-2. The molecule has 204 valence electrons. The predicted octanol–water partition coefficient (Wildman–Crippen LogP) is 8.49. The summed E-state index contributed by atoms with van der Waals surface area (Å²) in [6, 6.07) is 26.8. The molecular formula is C35H27N5O2. The molecule has 42 heavy (non-hydrogen) atoms. The Labute approximate surface area is 243 Å². The van der Waals surface area contributed by atoms with Gasteiger partial charge in [-0.05, 0) is 46.5 Å². The molecule has 0 radical (unpaired) electrons. The Morgan fingerprint density at radius 1 is 0.548 bits per heavy atom. The Morgan fingerprint density at radius 2 is 0.976 bits per heavy atom.